The van der Waals surface area contributed by atoms with Gasteiger partial charge in [-0.2, -0.15) is 0 Å². The van der Waals surface area contributed by atoms with Crippen molar-refractivity contribution in [1.29, 1.82) is 0 Å². The molecule has 6 heteroatoms. The highest BCUT2D eigenvalue weighted by atomic mass is 19.1. The fourth-order valence-corrected chi connectivity index (χ4v) is 3.21. The van der Waals surface area contributed by atoms with Gasteiger partial charge >= 0.3 is 0 Å². The molecule has 2 aromatic rings. The van der Waals surface area contributed by atoms with Crippen molar-refractivity contribution in [1.82, 2.24) is 10.3 Å². The van der Waals surface area contributed by atoms with E-state index >= 15 is 0 Å². The van der Waals surface area contributed by atoms with Gasteiger partial charge in [-0.25, -0.2) is 8.78 Å². The summed E-state index contributed by atoms with van der Waals surface area (Å²) in [7, 11) is 0. The monoisotopic (exact) mass is 339 g/mol. The van der Waals surface area contributed by atoms with Crippen molar-refractivity contribution in [2.75, 3.05) is 0 Å². The molecule has 126 valence electrons. The quantitative estimate of drug-likeness (QED) is 0.912. The third-order valence-electron chi connectivity index (χ3n) is 4.38. The smallest absolute Gasteiger partial charge is 0.166 e. The molecule has 2 heterocycles. The molecule has 1 aliphatic heterocycles. The summed E-state index contributed by atoms with van der Waals surface area (Å²) in [5.74, 6) is -0.833. The molecule has 1 aromatic heterocycles. The molecule has 0 radical (unpaired) electrons. The van der Waals surface area contributed by atoms with Gasteiger partial charge in [0.05, 0.1) is 11.3 Å². The number of benzene rings is 1. The molecule has 4 nitrogen and oxygen atoms in total. The zero-order valence-corrected chi connectivity index (χ0v) is 13.3. The van der Waals surface area contributed by atoms with Crippen LogP contribution in [0.4, 0.5) is 8.78 Å². The van der Waals surface area contributed by atoms with E-state index in [2.05, 4.69) is 15.3 Å². The first-order valence-corrected chi connectivity index (χ1v) is 8.11. The minimum absolute atomic E-state index is 0.00299. The lowest BCUT2D eigenvalue weighted by molar-refractivity contribution is -0.115. The van der Waals surface area contributed by atoms with Crippen LogP contribution in [0.2, 0.25) is 0 Å². The Morgan fingerprint density at radius 1 is 1.08 bits per heavy atom. The van der Waals surface area contributed by atoms with Crippen molar-refractivity contribution in [3.05, 3.63) is 76.8 Å². The van der Waals surface area contributed by atoms with E-state index in [0.29, 0.717) is 29.7 Å². The van der Waals surface area contributed by atoms with Crippen molar-refractivity contribution in [3.63, 3.8) is 0 Å². The van der Waals surface area contributed by atoms with Crippen molar-refractivity contribution < 1.29 is 13.6 Å². The van der Waals surface area contributed by atoms with Crippen molar-refractivity contribution >= 4 is 11.5 Å². The second kappa shape index (κ2) is 6.20. The number of pyridine rings is 1. The summed E-state index contributed by atoms with van der Waals surface area (Å²) in [4.78, 5) is 21.1. The van der Waals surface area contributed by atoms with Crippen LogP contribution in [0.5, 0.6) is 0 Å². The van der Waals surface area contributed by atoms with Gasteiger partial charge in [0, 0.05) is 23.9 Å². The van der Waals surface area contributed by atoms with Gasteiger partial charge in [-0.1, -0.05) is 0 Å². The molecule has 4 rings (SSSR count). The van der Waals surface area contributed by atoms with Gasteiger partial charge in [0.25, 0.3) is 0 Å². The molecular formula is C19H15F2N3O. The summed E-state index contributed by atoms with van der Waals surface area (Å²) < 4.78 is 27.4. The fraction of sp³-hybridized carbons (Fsp3) is 0.211. The average Bonchev–Trinajstić information content (AvgIpc) is 2.62. The Hall–Kier alpha value is -2.89. The normalized spacial score (nSPS) is 20.0. The third kappa shape index (κ3) is 2.84. The van der Waals surface area contributed by atoms with E-state index < -0.39 is 12.0 Å². The Morgan fingerprint density at radius 3 is 2.64 bits per heavy atom. The van der Waals surface area contributed by atoms with Crippen LogP contribution in [-0.2, 0) is 4.79 Å². The van der Waals surface area contributed by atoms with Crippen LogP contribution in [0.3, 0.4) is 0 Å². The van der Waals surface area contributed by atoms with Gasteiger partial charge in [0.15, 0.2) is 11.9 Å². The zero-order valence-electron chi connectivity index (χ0n) is 13.3. The second-order valence-corrected chi connectivity index (χ2v) is 6.03. The number of nitrogens with one attached hydrogen (secondary N) is 1. The van der Waals surface area contributed by atoms with Crippen LogP contribution in [0, 0.1) is 11.6 Å². The Labute approximate surface area is 143 Å². The summed E-state index contributed by atoms with van der Waals surface area (Å²) in [5.41, 5.74) is 2.54. The van der Waals surface area contributed by atoms with Gasteiger partial charge in [-0.3, -0.25) is 14.8 Å². The largest absolute Gasteiger partial charge is 0.361 e. The molecule has 0 fully saturated rings. The number of aromatic nitrogens is 1. The summed E-state index contributed by atoms with van der Waals surface area (Å²) in [6.45, 7) is 0. The van der Waals surface area contributed by atoms with Crippen molar-refractivity contribution in [3.8, 4) is 0 Å². The minimum Gasteiger partial charge on any atom is -0.361 e. The highest BCUT2D eigenvalue weighted by Crippen LogP contribution is 2.32. The van der Waals surface area contributed by atoms with E-state index in [1.165, 1.54) is 30.5 Å². The number of allylic oxidation sites excluding steroid dienone is 2. The molecule has 0 bridgehead atoms. The van der Waals surface area contributed by atoms with Crippen LogP contribution in [0.1, 0.15) is 36.7 Å². The van der Waals surface area contributed by atoms with Gasteiger partial charge < -0.3 is 5.32 Å². The zero-order chi connectivity index (χ0) is 17.4. The van der Waals surface area contributed by atoms with Gasteiger partial charge in [0.2, 0.25) is 0 Å². The predicted molar refractivity (Wildman–Crippen MR) is 88.9 cm³/mol. The van der Waals surface area contributed by atoms with Crippen molar-refractivity contribution in [2.24, 2.45) is 4.99 Å². The van der Waals surface area contributed by atoms with Gasteiger partial charge in [-0.05, 0) is 49.2 Å². The maximum atomic E-state index is 14.2. The Bertz CT molecular complexity index is 903. The van der Waals surface area contributed by atoms with E-state index in [1.54, 1.807) is 12.1 Å². The average molecular weight is 339 g/mol. The number of hydrogen-bond acceptors (Lipinski definition) is 4. The molecule has 1 atom stereocenters. The first-order chi connectivity index (χ1) is 12.1. The summed E-state index contributed by atoms with van der Waals surface area (Å²) in [6, 6.07) is 8.65. The summed E-state index contributed by atoms with van der Waals surface area (Å²) in [5, 5.41) is 3.15. The maximum Gasteiger partial charge on any atom is 0.166 e. The second-order valence-electron chi connectivity index (χ2n) is 6.03. The number of carbonyl (C=O) groups excluding carboxylic acids is 1. The lowest BCUT2D eigenvalue weighted by atomic mass is 9.87. The molecular weight excluding hydrogens is 324 g/mol. The maximum absolute atomic E-state index is 14.2. The van der Waals surface area contributed by atoms with E-state index in [4.69, 9.17) is 0 Å². The van der Waals surface area contributed by atoms with Crippen LogP contribution in [0.15, 0.2) is 58.9 Å². The number of carbonyl (C=O) groups is 1. The molecule has 0 saturated carbocycles. The number of nitrogens with zero attached hydrogens (tertiary/aromatic N) is 2. The van der Waals surface area contributed by atoms with E-state index in [-0.39, 0.29) is 17.3 Å². The molecule has 2 aliphatic rings. The number of Topliss-reactive ketones (excluding diaryl/α,β-unsaturated/α-hetero) is 1. The molecule has 1 N–H and O–H groups in total. The summed E-state index contributed by atoms with van der Waals surface area (Å²) >= 11 is 0. The fourth-order valence-electron chi connectivity index (χ4n) is 3.21. The van der Waals surface area contributed by atoms with Crippen LogP contribution >= 0.6 is 0 Å². The molecule has 25 heavy (non-hydrogen) atoms. The van der Waals surface area contributed by atoms with Crippen molar-refractivity contribution in [2.45, 2.75) is 25.4 Å². The van der Waals surface area contributed by atoms with Gasteiger partial charge in [0.1, 0.15) is 17.3 Å². The first kappa shape index (κ1) is 15.6. The molecule has 1 aliphatic carbocycles. The SMILES string of the molecule is O=C1CCCC2=C1C(c1ccc(F)cc1)=NC(c1ncccc1F)N2. The standard InChI is InChI=1S/C19H15F2N3O/c20-12-8-6-11(7-9-12)17-16-14(4-1-5-15(16)25)23-19(24-17)18-13(21)3-2-10-22-18/h2-3,6-10,19,23H,1,4-5H2. The lowest BCUT2D eigenvalue weighted by Gasteiger charge is -2.30. The molecule has 1 aromatic carbocycles. The highest BCUT2D eigenvalue weighted by Gasteiger charge is 2.32. The Balaban J connectivity index is 1.85. The number of halogens is 2. The van der Waals surface area contributed by atoms with Gasteiger partial charge in [-0.15, -0.1) is 0 Å². The number of rotatable bonds is 2. The molecule has 0 spiro atoms. The first-order valence-electron chi connectivity index (χ1n) is 8.11. The Morgan fingerprint density at radius 2 is 1.88 bits per heavy atom. The van der Waals surface area contributed by atoms with Crippen LogP contribution in [0.25, 0.3) is 0 Å². The predicted octanol–water partition coefficient (Wildman–Crippen LogP) is 3.46. The molecule has 0 saturated heterocycles. The van der Waals surface area contributed by atoms with E-state index in [9.17, 15) is 13.6 Å². The third-order valence-corrected chi connectivity index (χ3v) is 4.38. The summed E-state index contributed by atoms with van der Waals surface area (Å²) in [6.07, 6.45) is 2.66. The molecule has 1 unspecified atom stereocenters. The van der Waals surface area contributed by atoms with Crippen LogP contribution in [-0.4, -0.2) is 16.5 Å². The van der Waals surface area contributed by atoms with E-state index in [0.717, 1.165) is 12.1 Å². The molecule has 0 amide bonds. The topological polar surface area (TPSA) is 54.4 Å². The highest BCUT2D eigenvalue weighted by molar-refractivity contribution is 6.29. The number of ketones is 1. The Kier molecular flexibility index (Phi) is 3.87. The van der Waals surface area contributed by atoms with E-state index in [1.807, 2.05) is 0 Å². The number of aliphatic imine (C=N–C) groups is 1. The lowest BCUT2D eigenvalue weighted by Crippen LogP contribution is -2.34. The number of hydrogen-bond donors (Lipinski definition) is 1. The van der Waals surface area contributed by atoms with Crippen LogP contribution < -0.4 is 5.32 Å². The minimum atomic E-state index is -0.717.